The summed E-state index contributed by atoms with van der Waals surface area (Å²) in [5, 5.41) is 8.87. The van der Waals surface area contributed by atoms with Gasteiger partial charge in [0.1, 0.15) is 5.75 Å². The molecule has 0 saturated carbocycles. The van der Waals surface area contributed by atoms with Gasteiger partial charge >= 0.3 is 0 Å². The van der Waals surface area contributed by atoms with Gasteiger partial charge in [-0.15, -0.1) is 0 Å². The van der Waals surface area contributed by atoms with Gasteiger partial charge in [-0.1, -0.05) is 36.4 Å². The topological polar surface area (TPSA) is 85.1 Å². The molecule has 0 amide bonds. The van der Waals surface area contributed by atoms with Gasteiger partial charge in [0.15, 0.2) is 0 Å². The van der Waals surface area contributed by atoms with Gasteiger partial charge in [-0.2, -0.15) is 5.26 Å². The Morgan fingerprint density at radius 2 is 1.50 bits per heavy atom. The summed E-state index contributed by atoms with van der Waals surface area (Å²) < 4.78 is 5.72. The Kier molecular flexibility index (Phi) is 5.40. The second-order valence-electron chi connectivity index (χ2n) is 6.14. The molecule has 0 heterocycles. The monoisotopic (exact) mass is 343 g/mol. The van der Waals surface area contributed by atoms with Crippen molar-refractivity contribution in [3.8, 4) is 22.9 Å². The number of hydrogen-bond acceptors (Lipinski definition) is 4. The molecular weight excluding hydrogens is 322 g/mol. The molecule has 26 heavy (non-hydrogen) atoms. The summed E-state index contributed by atoms with van der Waals surface area (Å²) in [6.07, 6.45) is 1.84. The maximum absolute atomic E-state index is 8.87. The van der Waals surface area contributed by atoms with E-state index in [2.05, 4.69) is 30.3 Å². The van der Waals surface area contributed by atoms with Crippen molar-refractivity contribution in [1.29, 1.82) is 5.26 Å². The molecule has 130 valence electrons. The van der Waals surface area contributed by atoms with E-state index in [9.17, 15) is 0 Å². The summed E-state index contributed by atoms with van der Waals surface area (Å²) in [6.45, 7) is 0.603. The molecule has 0 aliphatic carbocycles. The lowest BCUT2D eigenvalue weighted by Crippen LogP contribution is -2.02. The predicted molar refractivity (Wildman–Crippen MR) is 106 cm³/mol. The van der Waals surface area contributed by atoms with Gasteiger partial charge in [0.05, 0.1) is 23.9 Å². The third-order valence-corrected chi connectivity index (χ3v) is 4.20. The second kappa shape index (κ2) is 8.09. The summed E-state index contributed by atoms with van der Waals surface area (Å²) in [6, 6.07) is 23.5. The maximum atomic E-state index is 8.87. The van der Waals surface area contributed by atoms with E-state index < -0.39 is 0 Å². The summed E-state index contributed by atoms with van der Waals surface area (Å²) in [5.74, 6) is 0.676. The average Bonchev–Trinajstić information content (AvgIpc) is 2.67. The van der Waals surface area contributed by atoms with Gasteiger partial charge in [-0.25, -0.2) is 0 Å². The summed E-state index contributed by atoms with van der Waals surface area (Å²) in [7, 11) is 0. The van der Waals surface area contributed by atoms with Crippen LogP contribution in [0.15, 0.2) is 66.7 Å². The van der Waals surface area contributed by atoms with Crippen molar-refractivity contribution in [3.05, 3.63) is 77.9 Å². The number of nitrogen functional groups attached to an aromatic ring is 2. The van der Waals surface area contributed by atoms with Crippen molar-refractivity contribution in [1.82, 2.24) is 0 Å². The normalized spacial score (nSPS) is 10.3. The first-order valence-corrected chi connectivity index (χ1v) is 8.53. The number of aryl methyl sites for hydroxylation is 1. The van der Waals surface area contributed by atoms with E-state index in [0.29, 0.717) is 29.3 Å². The molecule has 0 radical (unpaired) electrons. The van der Waals surface area contributed by atoms with E-state index in [1.807, 2.05) is 24.3 Å². The zero-order chi connectivity index (χ0) is 18.4. The third-order valence-electron chi connectivity index (χ3n) is 4.20. The van der Waals surface area contributed by atoms with Gasteiger partial charge in [-0.3, -0.25) is 0 Å². The first kappa shape index (κ1) is 17.4. The minimum atomic E-state index is 0.566. The largest absolute Gasteiger partial charge is 0.491 e. The molecule has 0 unspecified atom stereocenters. The summed E-state index contributed by atoms with van der Waals surface area (Å²) in [5.41, 5.74) is 16.9. The molecule has 0 aromatic heterocycles. The van der Waals surface area contributed by atoms with Crippen LogP contribution in [-0.2, 0) is 6.42 Å². The molecule has 3 aromatic rings. The predicted octanol–water partition coefficient (Wildman–Crippen LogP) is 4.40. The van der Waals surface area contributed by atoms with Crippen molar-refractivity contribution in [2.75, 3.05) is 18.1 Å². The van der Waals surface area contributed by atoms with Crippen molar-refractivity contribution < 1.29 is 4.74 Å². The highest BCUT2D eigenvalue weighted by Gasteiger charge is 2.02. The van der Waals surface area contributed by atoms with Crippen LogP contribution in [-0.4, -0.2) is 6.61 Å². The van der Waals surface area contributed by atoms with Crippen LogP contribution >= 0.6 is 0 Å². The fourth-order valence-corrected chi connectivity index (χ4v) is 2.76. The smallest absolute Gasteiger partial charge is 0.142 e. The minimum Gasteiger partial charge on any atom is -0.491 e. The Balaban J connectivity index is 1.52. The van der Waals surface area contributed by atoms with Crippen LogP contribution in [0.5, 0.6) is 5.75 Å². The Morgan fingerprint density at radius 3 is 2.12 bits per heavy atom. The van der Waals surface area contributed by atoms with Crippen LogP contribution in [0, 0.1) is 11.3 Å². The Morgan fingerprint density at radius 1 is 0.846 bits per heavy atom. The molecule has 0 aliphatic heterocycles. The van der Waals surface area contributed by atoms with E-state index in [1.165, 1.54) is 5.56 Å². The van der Waals surface area contributed by atoms with Gasteiger partial charge in [0, 0.05) is 5.69 Å². The van der Waals surface area contributed by atoms with Crippen molar-refractivity contribution >= 4 is 11.4 Å². The van der Waals surface area contributed by atoms with Gasteiger partial charge < -0.3 is 16.2 Å². The molecule has 4 heteroatoms. The van der Waals surface area contributed by atoms with Gasteiger partial charge in [0.2, 0.25) is 0 Å². The maximum Gasteiger partial charge on any atom is 0.142 e. The Bertz CT molecular complexity index is 910. The number of anilines is 2. The Hall–Kier alpha value is -3.45. The lowest BCUT2D eigenvalue weighted by molar-refractivity contribution is 0.312. The van der Waals surface area contributed by atoms with Crippen LogP contribution in [0.2, 0.25) is 0 Å². The SMILES string of the molecule is N#Cc1ccc(-c2ccc(CCCOc3ccc(N)cc3N)cc2)cc1. The van der Waals surface area contributed by atoms with E-state index in [1.54, 1.807) is 18.2 Å². The summed E-state index contributed by atoms with van der Waals surface area (Å²) in [4.78, 5) is 0. The zero-order valence-electron chi connectivity index (χ0n) is 14.5. The molecular formula is C22H21N3O. The highest BCUT2D eigenvalue weighted by molar-refractivity contribution is 5.64. The van der Waals surface area contributed by atoms with E-state index >= 15 is 0 Å². The van der Waals surface area contributed by atoms with Crippen molar-refractivity contribution in [2.45, 2.75) is 12.8 Å². The quantitative estimate of drug-likeness (QED) is 0.513. The molecule has 0 spiro atoms. The minimum absolute atomic E-state index is 0.566. The fraction of sp³-hybridized carbons (Fsp3) is 0.136. The van der Waals surface area contributed by atoms with Crippen LogP contribution in [0.4, 0.5) is 11.4 Å². The number of rotatable bonds is 6. The number of benzene rings is 3. The molecule has 3 rings (SSSR count). The Labute approximate surface area is 153 Å². The van der Waals surface area contributed by atoms with Crippen molar-refractivity contribution in [2.24, 2.45) is 0 Å². The van der Waals surface area contributed by atoms with Crippen LogP contribution < -0.4 is 16.2 Å². The van der Waals surface area contributed by atoms with Gasteiger partial charge in [-0.05, 0) is 59.9 Å². The van der Waals surface area contributed by atoms with E-state index in [0.717, 1.165) is 24.0 Å². The average molecular weight is 343 g/mol. The third kappa shape index (κ3) is 4.34. The molecule has 0 saturated heterocycles. The van der Waals surface area contributed by atoms with E-state index in [-0.39, 0.29) is 0 Å². The fourth-order valence-electron chi connectivity index (χ4n) is 2.76. The number of nitrogens with two attached hydrogens (primary N) is 2. The number of ether oxygens (including phenoxy) is 1. The number of hydrogen-bond donors (Lipinski definition) is 2. The molecule has 0 atom stereocenters. The summed E-state index contributed by atoms with van der Waals surface area (Å²) >= 11 is 0. The highest BCUT2D eigenvalue weighted by Crippen LogP contribution is 2.24. The molecule has 4 N–H and O–H groups in total. The molecule has 0 aliphatic rings. The first-order chi connectivity index (χ1) is 12.7. The molecule has 4 nitrogen and oxygen atoms in total. The highest BCUT2D eigenvalue weighted by atomic mass is 16.5. The standard InChI is InChI=1S/C22H21N3O/c23-15-17-5-9-19(10-6-17)18-7-3-16(4-8-18)2-1-13-26-22-12-11-20(24)14-21(22)25/h3-12,14H,1-2,13,24-25H2. The number of nitrogens with zero attached hydrogens (tertiary/aromatic N) is 1. The first-order valence-electron chi connectivity index (χ1n) is 8.53. The van der Waals surface area contributed by atoms with Crippen LogP contribution in [0.25, 0.3) is 11.1 Å². The molecule has 0 bridgehead atoms. The van der Waals surface area contributed by atoms with Crippen LogP contribution in [0.3, 0.4) is 0 Å². The zero-order valence-corrected chi connectivity index (χ0v) is 14.5. The second-order valence-corrected chi connectivity index (χ2v) is 6.14. The molecule has 0 fully saturated rings. The lowest BCUT2D eigenvalue weighted by atomic mass is 10.0. The molecule has 3 aromatic carbocycles. The lowest BCUT2D eigenvalue weighted by Gasteiger charge is -2.09. The van der Waals surface area contributed by atoms with Crippen LogP contribution in [0.1, 0.15) is 17.5 Å². The van der Waals surface area contributed by atoms with Crippen molar-refractivity contribution in [3.63, 3.8) is 0 Å². The van der Waals surface area contributed by atoms with Gasteiger partial charge in [0.25, 0.3) is 0 Å². The number of nitriles is 1. The van der Waals surface area contributed by atoms with E-state index in [4.69, 9.17) is 21.5 Å².